The van der Waals surface area contributed by atoms with Crippen molar-refractivity contribution in [3.63, 3.8) is 0 Å². The van der Waals surface area contributed by atoms with Gasteiger partial charge >= 0.3 is 0 Å². The summed E-state index contributed by atoms with van der Waals surface area (Å²) in [6.07, 6.45) is 3.08. The van der Waals surface area contributed by atoms with Gasteiger partial charge in [-0.15, -0.1) is 0 Å². The number of carbonyl (C=O) groups is 1. The van der Waals surface area contributed by atoms with E-state index in [1.807, 2.05) is 12.1 Å². The molecule has 0 atom stereocenters. The van der Waals surface area contributed by atoms with E-state index in [-0.39, 0.29) is 17.3 Å². The minimum atomic E-state index is -3.87. The molecule has 1 aromatic heterocycles. The zero-order valence-corrected chi connectivity index (χ0v) is 15.9. The first-order valence-electron chi connectivity index (χ1n) is 8.72. The van der Waals surface area contributed by atoms with Crippen molar-refractivity contribution in [3.05, 3.63) is 72.2 Å². The number of fused-ring (bicyclic) bond motifs is 1. The van der Waals surface area contributed by atoms with Gasteiger partial charge in [-0.1, -0.05) is 18.2 Å². The van der Waals surface area contributed by atoms with Crippen LogP contribution in [0.4, 0.5) is 20.2 Å². The van der Waals surface area contributed by atoms with Crippen LogP contribution in [0.25, 0.3) is 0 Å². The number of hydrogen-bond acceptors (Lipinski definition) is 4. The molecule has 3 aromatic rings. The molecule has 0 unspecified atom stereocenters. The SMILES string of the molecule is O=C(Cn1cnc(S(=O)(=O)N2CCc3ccccc32)c1)Nc1ccc(F)cc1F. The molecule has 1 amide bonds. The topological polar surface area (TPSA) is 84.3 Å². The van der Waals surface area contributed by atoms with Crippen LogP contribution in [0, 0.1) is 11.6 Å². The summed E-state index contributed by atoms with van der Waals surface area (Å²) in [5.74, 6) is -2.27. The third kappa shape index (κ3) is 3.70. The predicted octanol–water partition coefficient (Wildman–Crippen LogP) is 2.55. The minimum Gasteiger partial charge on any atom is -0.327 e. The van der Waals surface area contributed by atoms with Gasteiger partial charge in [0.05, 0.1) is 17.7 Å². The predicted molar refractivity (Wildman–Crippen MR) is 102 cm³/mol. The average Bonchev–Trinajstić information content (AvgIpc) is 3.31. The van der Waals surface area contributed by atoms with E-state index in [2.05, 4.69) is 10.3 Å². The van der Waals surface area contributed by atoms with Crippen molar-refractivity contribution in [2.75, 3.05) is 16.2 Å². The summed E-state index contributed by atoms with van der Waals surface area (Å²) in [7, 11) is -3.87. The number of amides is 1. The van der Waals surface area contributed by atoms with Gasteiger partial charge in [-0.25, -0.2) is 13.8 Å². The molecule has 0 saturated heterocycles. The molecule has 4 rings (SSSR count). The molecule has 29 heavy (non-hydrogen) atoms. The van der Waals surface area contributed by atoms with Crippen LogP contribution >= 0.6 is 0 Å². The lowest BCUT2D eigenvalue weighted by atomic mass is 10.2. The Morgan fingerprint density at radius 2 is 1.97 bits per heavy atom. The van der Waals surface area contributed by atoms with E-state index < -0.39 is 27.6 Å². The van der Waals surface area contributed by atoms with E-state index in [1.165, 1.54) is 21.4 Å². The van der Waals surface area contributed by atoms with Gasteiger partial charge in [0, 0.05) is 18.8 Å². The van der Waals surface area contributed by atoms with Crippen LogP contribution in [-0.4, -0.2) is 30.4 Å². The highest BCUT2D eigenvalue weighted by molar-refractivity contribution is 7.92. The van der Waals surface area contributed by atoms with Crippen LogP contribution in [0.1, 0.15) is 5.56 Å². The summed E-state index contributed by atoms with van der Waals surface area (Å²) in [6, 6.07) is 10.0. The molecule has 7 nitrogen and oxygen atoms in total. The fourth-order valence-electron chi connectivity index (χ4n) is 3.18. The maximum absolute atomic E-state index is 13.6. The van der Waals surface area contributed by atoms with Crippen molar-refractivity contribution in [1.29, 1.82) is 0 Å². The van der Waals surface area contributed by atoms with Crippen LogP contribution in [0.2, 0.25) is 0 Å². The van der Waals surface area contributed by atoms with Gasteiger partial charge in [-0.05, 0) is 30.2 Å². The monoisotopic (exact) mass is 418 g/mol. The number of sulfonamides is 1. The lowest BCUT2D eigenvalue weighted by Gasteiger charge is -2.17. The van der Waals surface area contributed by atoms with Crippen molar-refractivity contribution in [1.82, 2.24) is 9.55 Å². The number of halogens is 2. The Labute approximate surface area is 165 Å². The number of para-hydroxylation sites is 1. The Balaban J connectivity index is 1.49. The molecule has 1 aliphatic rings. The summed E-state index contributed by atoms with van der Waals surface area (Å²) in [5, 5.41) is 2.13. The van der Waals surface area contributed by atoms with Crippen molar-refractivity contribution in [2.24, 2.45) is 0 Å². The molecule has 0 aliphatic carbocycles. The quantitative estimate of drug-likeness (QED) is 0.690. The van der Waals surface area contributed by atoms with Crippen LogP contribution in [0.5, 0.6) is 0 Å². The van der Waals surface area contributed by atoms with Crippen molar-refractivity contribution >= 4 is 27.3 Å². The minimum absolute atomic E-state index is 0.168. The number of carbonyl (C=O) groups excluding carboxylic acids is 1. The van der Waals surface area contributed by atoms with Gasteiger partial charge in [0.15, 0.2) is 5.03 Å². The standard InChI is InChI=1S/C19H16F2N4O3S/c20-14-5-6-16(15(21)9-14)23-18(26)10-24-11-19(22-12-24)29(27,28)25-8-7-13-3-1-2-4-17(13)25/h1-6,9,11-12H,7-8,10H2,(H,23,26). The highest BCUT2D eigenvalue weighted by Crippen LogP contribution is 2.32. The Kier molecular flexibility index (Phi) is 4.79. The number of hydrogen-bond donors (Lipinski definition) is 1. The molecule has 0 fully saturated rings. The summed E-state index contributed by atoms with van der Waals surface area (Å²) in [4.78, 5) is 16.0. The van der Waals surface area contributed by atoms with Crippen molar-refractivity contribution in [3.8, 4) is 0 Å². The van der Waals surface area contributed by atoms with Crippen LogP contribution in [0.15, 0.2) is 60.0 Å². The Morgan fingerprint density at radius 3 is 2.76 bits per heavy atom. The van der Waals surface area contributed by atoms with Gasteiger partial charge in [-0.3, -0.25) is 9.10 Å². The number of benzene rings is 2. The second kappa shape index (κ2) is 7.28. The lowest BCUT2D eigenvalue weighted by molar-refractivity contribution is -0.116. The molecule has 2 heterocycles. The Morgan fingerprint density at radius 1 is 1.17 bits per heavy atom. The highest BCUT2D eigenvalue weighted by Gasteiger charge is 2.32. The maximum Gasteiger partial charge on any atom is 0.283 e. The largest absolute Gasteiger partial charge is 0.327 e. The molecule has 10 heteroatoms. The first-order valence-corrected chi connectivity index (χ1v) is 10.2. The second-order valence-electron chi connectivity index (χ2n) is 6.51. The molecule has 150 valence electrons. The summed E-state index contributed by atoms with van der Waals surface area (Å²) in [6.45, 7) is 0.0365. The normalized spacial score (nSPS) is 13.4. The van der Waals surface area contributed by atoms with E-state index in [9.17, 15) is 22.0 Å². The highest BCUT2D eigenvalue weighted by atomic mass is 32.2. The lowest BCUT2D eigenvalue weighted by Crippen LogP contribution is -2.29. The molecular weight excluding hydrogens is 402 g/mol. The molecule has 0 radical (unpaired) electrons. The number of aromatic nitrogens is 2. The molecular formula is C19H16F2N4O3S. The molecule has 0 saturated carbocycles. The van der Waals surface area contributed by atoms with Crippen LogP contribution in [0.3, 0.4) is 0 Å². The maximum atomic E-state index is 13.6. The number of rotatable bonds is 5. The van der Waals surface area contributed by atoms with Gasteiger partial charge < -0.3 is 9.88 Å². The Hall–Kier alpha value is -3.27. The number of nitrogens with zero attached hydrogens (tertiary/aromatic N) is 3. The number of imidazole rings is 1. The average molecular weight is 418 g/mol. The van der Waals surface area contributed by atoms with E-state index in [0.717, 1.165) is 17.7 Å². The van der Waals surface area contributed by atoms with Crippen molar-refractivity contribution in [2.45, 2.75) is 18.0 Å². The molecule has 1 aliphatic heterocycles. The van der Waals surface area contributed by atoms with E-state index in [0.29, 0.717) is 24.7 Å². The molecule has 0 bridgehead atoms. The molecule has 0 spiro atoms. The molecule has 1 N–H and O–H groups in total. The van der Waals surface area contributed by atoms with E-state index >= 15 is 0 Å². The third-order valence-corrected chi connectivity index (χ3v) is 6.24. The van der Waals surface area contributed by atoms with Gasteiger partial charge in [0.25, 0.3) is 10.0 Å². The van der Waals surface area contributed by atoms with Crippen LogP contribution in [-0.2, 0) is 27.8 Å². The van der Waals surface area contributed by atoms with Crippen LogP contribution < -0.4 is 9.62 Å². The zero-order chi connectivity index (χ0) is 20.6. The van der Waals surface area contributed by atoms with Gasteiger partial charge in [-0.2, -0.15) is 8.42 Å². The number of anilines is 2. The van der Waals surface area contributed by atoms with Gasteiger partial charge in [0.1, 0.15) is 18.2 Å². The van der Waals surface area contributed by atoms with E-state index in [1.54, 1.807) is 12.1 Å². The van der Waals surface area contributed by atoms with E-state index in [4.69, 9.17) is 0 Å². The fourth-order valence-corrected chi connectivity index (χ4v) is 4.62. The van der Waals surface area contributed by atoms with Crippen molar-refractivity contribution < 1.29 is 22.0 Å². The number of nitrogens with one attached hydrogen (secondary N) is 1. The zero-order valence-electron chi connectivity index (χ0n) is 15.0. The molecule has 2 aromatic carbocycles. The summed E-state index contributed by atoms with van der Waals surface area (Å²) < 4.78 is 55.0. The fraction of sp³-hybridized carbons (Fsp3) is 0.158. The first kappa shape index (κ1) is 19.1. The summed E-state index contributed by atoms with van der Waals surface area (Å²) in [5.41, 5.74) is 1.39. The first-order chi connectivity index (χ1) is 13.8. The summed E-state index contributed by atoms with van der Waals surface area (Å²) >= 11 is 0. The second-order valence-corrected chi connectivity index (χ2v) is 8.32. The third-order valence-electron chi connectivity index (χ3n) is 4.54. The smallest absolute Gasteiger partial charge is 0.283 e. The Bertz CT molecular complexity index is 1190. The van der Waals surface area contributed by atoms with Gasteiger partial charge in [0.2, 0.25) is 5.91 Å².